The number of nitrogens with zero attached hydrogens (tertiary/aromatic N) is 1. The number of rotatable bonds is 2. The normalized spacial score (nSPS) is 20.6. The Morgan fingerprint density at radius 1 is 1.41 bits per heavy atom. The summed E-state index contributed by atoms with van der Waals surface area (Å²) in [4.78, 5) is 2.37. The van der Waals surface area contributed by atoms with Crippen LogP contribution in [0.3, 0.4) is 0 Å². The van der Waals surface area contributed by atoms with Gasteiger partial charge in [0.15, 0.2) is 0 Å². The Labute approximate surface area is 109 Å². The molecule has 94 valence electrons. The first-order valence-corrected chi connectivity index (χ1v) is 6.57. The van der Waals surface area contributed by atoms with E-state index in [4.69, 9.17) is 17.3 Å². The number of benzene rings is 1. The molecule has 1 saturated heterocycles. The van der Waals surface area contributed by atoms with Crippen LogP contribution < -0.4 is 10.6 Å². The second-order valence-electron chi connectivity index (χ2n) is 5.84. The number of hydrogen-bond donors (Lipinski definition) is 1. The van der Waals surface area contributed by atoms with Crippen LogP contribution in [0.1, 0.15) is 38.8 Å². The molecule has 0 saturated carbocycles. The van der Waals surface area contributed by atoms with E-state index < -0.39 is 0 Å². The van der Waals surface area contributed by atoms with E-state index in [9.17, 15) is 0 Å². The fourth-order valence-electron chi connectivity index (χ4n) is 2.38. The highest BCUT2D eigenvalue weighted by atomic mass is 35.5. The lowest BCUT2D eigenvalue weighted by Gasteiger charge is -2.23. The summed E-state index contributed by atoms with van der Waals surface area (Å²) in [5.74, 6) is 0. The maximum absolute atomic E-state index is 6.35. The van der Waals surface area contributed by atoms with E-state index in [2.05, 4.69) is 30.9 Å². The fourth-order valence-corrected chi connectivity index (χ4v) is 2.69. The van der Waals surface area contributed by atoms with Crippen molar-refractivity contribution in [2.24, 2.45) is 11.1 Å². The smallest absolute Gasteiger partial charge is 0.0642 e. The zero-order valence-corrected chi connectivity index (χ0v) is 11.6. The lowest BCUT2D eigenvalue weighted by molar-refractivity contribution is 0.418. The molecule has 1 atom stereocenters. The van der Waals surface area contributed by atoms with Crippen molar-refractivity contribution in [1.82, 2.24) is 0 Å². The molecular weight excluding hydrogens is 232 g/mol. The molecule has 0 radical (unpaired) electrons. The van der Waals surface area contributed by atoms with Gasteiger partial charge in [0.2, 0.25) is 0 Å². The summed E-state index contributed by atoms with van der Waals surface area (Å²) in [7, 11) is 0. The van der Waals surface area contributed by atoms with Crippen LogP contribution in [0.25, 0.3) is 0 Å². The Balaban J connectivity index is 2.23. The van der Waals surface area contributed by atoms with Crippen LogP contribution in [-0.4, -0.2) is 13.1 Å². The number of nitrogens with two attached hydrogens (primary N) is 1. The molecule has 0 spiro atoms. The minimum absolute atomic E-state index is 0.0385. The molecule has 1 fully saturated rings. The topological polar surface area (TPSA) is 29.3 Å². The third-order valence-electron chi connectivity index (χ3n) is 3.52. The van der Waals surface area contributed by atoms with Gasteiger partial charge in [0.05, 0.1) is 10.7 Å². The summed E-state index contributed by atoms with van der Waals surface area (Å²) in [6, 6.07) is 6.21. The monoisotopic (exact) mass is 252 g/mol. The van der Waals surface area contributed by atoms with Gasteiger partial charge in [-0.25, -0.2) is 0 Å². The van der Waals surface area contributed by atoms with Gasteiger partial charge in [0, 0.05) is 19.1 Å². The third kappa shape index (κ3) is 2.75. The Hall–Kier alpha value is -0.730. The van der Waals surface area contributed by atoms with Crippen LogP contribution in [0.5, 0.6) is 0 Å². The quantitative estimate of drug-likeness (QED) is 0.872. The molecule has 1 aromatic carbocycles. The molecule has 0 amide bonds. The Bertz CT molecular complexity index is 413. The molecule has 17 heavy (non-hydrogen) atoms. The molecule has 0 bridgehead atoms. The molecule has 1 aliphatic heterocycles. The first-order valence-electron chi connectivity index (χ1n) is 6.19. The van der Waals surface area contributed by atoms with Crippen molar-refractivity contribution in [3.05, 3.63) is 28.8 Å². The van der Waals surface area contributed by atoms with Crippen molar-refractivity contribution in [2.45, 2.75) is 33.2 Å². The molecule has 0 aliphatic carbocycles. The van der Waals surface area contributed by atoms with E-state index in [0.717, 1.165) is 29.4 Å². The van der Waals surface area contributed by atoms with Crippen molar-refractivity contribution in [3.63, 3.8) is 0 Å². The van der Waals surface area contributed by atoms with Crippen molar-refractivity contribution in [3.8, 4) is 0 Å². The lowest BCUT2D eigenvalue weighted by Crippen LogP contribution is -2.23. The summed E-state index contributed by atoms with van der Waals surface area (Å²) in [6.07, 6.45) is 1.22. The molecule has 0 aromatic heterocycles. The van der Waals surface area contributed by atoms with Gasteiger partial charge in [-0.3, -0.25) is 0 Å². The van der Waals surface area contributed by atoms with E-state index in [1.54, 1.807) is 0 Å². The average molecular weight is 253 g/mol. The van der Waals surface area contributed by atoms with Crippen LogP contribution >= 0.6 is 11.6 Å². The Morgan fingerprint density at radius 2 is 2.12 bits per heavy atom. The van der Waals surface area contributed by atoms with Gasteiger partial charge in [0.25, 0.3) is 0 Å². The molecule has 3 heteroatoms. The zero-order valence-electron chi connectivity index (χ0n) is 10.8. The third-order valence-corrected chi connectivity index (χ3v) is 3.82. The molecule has 1 heterocycles. The SMILES string of the molecule is C[C@H](N)c1ccc(N2CCC(C)(C)C2)c(Cl)c1. The summed E-state index contributed by atoms with van der Waals surface area (Å²) >= 11 is 6.35. The van der Waals surface area contributed by atoms with Crippen LogP contribution in [0.4, 0.5) is 5.69 Å². The predicted octanol–water partition coefficient (Wildman–Crippen LogP) is 3.60. The zero-order chi connectivity index (χ0) is 12.6. The first-order chi connectivity index (χ1) is 7.89. The fraction of sp³-hybridized carbons (Fsp3) is 0.571. The first kappa shape index (κ1) is 12.7. The van der Waals surface area contributed by atoms with Crippen molar-refractivity contribution in [1.29, 1.82) is 0 Å². The summed E-state index contributed by atoms with van der Waals surface area (Å²) in [5, 5.41) is 0.817. The minimum atomic E-state index is 0.0385. The van der Waals surface area contributed by atoms with E-state index in [0.29, 0.717) is 5.41 Å². The molecule has 1 aromatic rings. The van der Waals surface area contributed by atoms with Crippen molar-refractivity contribution in [2.75, 3.05) is 18.0 Å². The summed E-state index contributed by atoms with van der Waals surface area (Å²) < 4.78 is 0. The van der Waals surface area contributed by atoms with E-state index in [1.807, 2.05) is 13.0 Å². The largest absolute Gasteiger partial charge is 0.370 e. The molecule has 2 nitrogen and oxygen atoms in total. The van der Waals surface area contributed by atoms with Gasteiger partial charge in [-0.05, 0) is 36.5 Å². The van der Waals surface area contributed by atoms with Gasteiger partial charge in [-0.15, -0.1) is 0 Å². The van der Waals surface area contributed by atoms with Crippen molar-refractivity contribution >= 4 is 17.3 Å². The summed E-state index contributed by atoms with van der Waals surface area (Å²) in [6.45, 7) is 8.74. The average Bonchev–Trinajstić information content (AvgIpc) is 2.58. The molecular formula is C14H21ClN2. The van der Waals surface area contributed by atoms with Crippen molar-refractivity contribution < 1.29 is 0 Å². The van der Waals surface area contributed by atoms with Gasteiger partial charge >= 0.3 is 0 Å². The van der Waals surface area contributed by atoms with Gasteiger partial charge in [0.1, 0.15) is 0 Å². The second kappa shape index (κ2) is 4.51. The highest BCUT2D eigenvalue weighted by molar-refractivity contribution is 6.33. The Kier molecular flexibility index (Phi) is 3.37. The minimum Gasteiger partial charge on any atom is -0.370 e. The van der Waals surface area contributed by atoms with E-state index in [-0.39, 0.29) is 6.04 Å². The molecule has 0 unspecified atom stereocenters. The van der Waals surface area contributed by atoms with E-state index in [1.165, 1.54) is 6.42 Å². The molecule has 2 N–H and O–H groups in total. The maximum Gasteiger partial charge on any atom is 0.0642 e. The molecule has 2 rings (SSSR count). The van der Waals surface area contributed by atoms with Crippen LogP contribution in [0.15, 0.2) is 18.2 Å². The van der Waals surface area contributed by atoms with E-state index >= 15 is 0 Å². The molecule has 1 aliphatic rings. The lowest BCUT2D eigenvalue weighted by atomic mass is 9.93. The predicted molar refractivity (Wildman–Crippen MR) is 74.7 cm³/mol. The van der Waals surface area contributed by atoms with Gasteiger partial charge < -0.3 is 10.6 Å². The number of anilines is 1. The summed E-state index contributed by atoms with van der Waals surface area (Å²) in [5.41, 5.74) is 8.48. The maximum atomic E-state index is 6.35. The standard InChI is InChI=1S/C14H21ClN2/c1-10(16)11-4-5-13(12(15)8-11)17-7-6-14(2,3)9-17/h4-5,8,10H,6-7,9,16H2,1-3H3/t10-/m0/s1. The van der Waals surface area contributed by atoms with Gasteiger partial charge in [-0.2, -0.15) is 0 Å². The number of hydrogen-bond acceptors (Lipinski definition) is 2. The van der Waals surface area contributed by atoms with Crippen LogP contribution in [-0.2, 0) is 0 Å². The highest BCUT2D eigenvalue weighted by Crippen LogP contribution is 2.36. The second-order valence-corrected chi connectivity index (χ2v) is 6.24. The van der Waals surface area contributed by atoms with Gasteiger partial charge in [-0.1, -0.05) is 31.5 Å². The Morgan fingerprint density at radius 3 is 2.59 bits per heavy atom. The highest BCUT2D eigenvalue weighted by Gasteiger charge is 2.30. The van der Waals surface area contributed by atoms with Crippen LogP contribution in [0.2, 0.25) is 5.02 Å². The van der Waals surface area contributed by atoms with Crippen LogP contribution in [0, 0.1) is 5.41 Å². The number of halogens is 1.